The lowest BCUT2D eigenvalue weighted by atomic mass is 9.52. The van der Waals surface area contributed by atoms with Crippen molar-refractivity contribution in [3.8, 4) is 0 Å². The largest absolute Gasteiger partial charge is 0.337 e. The van der Waals surface area contributed by atoms with Gasteiger partial charge in [-0.25, -0.2) is 0 Å². The van der Waals surface area contributed by atoms with E-state index in [1.54, 1.807) is 5.57 Å². The number of carbonyl (C=O) groups excluding carboxylic acids is 2. The summed E-state index contributed by atoms with van der Waals surface area (Å²) in [6, 6.07) is 0. The Balaban J connectivity index is 1.68. The van der Waals surface area contributed by atoms with E-state index in [-0.39, 0.29) is 23.7 Å². The van der Waals surface area contributed by atoms with E-state index in [1.807, 2.05) is 0 Å². The zero-order chi connectivity index (χ0) is 16.4. The van der Waals surface area contributed by atoms with E-state index in [0.717, 1.165) is 25.3 Å². The molecular formula is C20H29NO2. The first kappa shape index (κ1) is 15.4. The maximum atomic E-state index is 12.6. The third-order valence-corrected chi connectivity index (χ3v) is 8.07. The van der Waals surface area contributed by atoms with Crippen molar-refractivity contribution in [2.45, 2.75) is 71.3 Å². The fourth-order valence-corrected chi connectivity index (χ4v) is 6.45. The average Bonchev–Trinajstić information content (AvgIpc) is 2.75. The smallest absolute Gasteiger partial charge is 0.230 e. The van der Waals surface area contributed by atoms with Crippen LogP contribution in [0.1, 0.15) is 65.7 Å². The Kier molecular flexibility index (Phi) is 3.31. The van der Waals surface area contributed by atoms with Gasteiger partial charge in [-0.3, -0.25) is 9.59 Å². The van der Waals surface area contributed by atoms with Crippen LogP contribution in [0.5, 0.6) is 0 Å². The van der Waals surface area contributed by atoms with Crippen LogP contribution in [-0.2, 0) is 9.59 Å². The molecule has 2 heterocycles. The normalized spacial score (nSPS) is 46.7. The van der Waals surface area contributed by atoms with Gasteiger partial charge in [0, 0.05) is 18.5 Å². The number of piperidine rings is 1. The van der Waals surface area contributed by atoms with Gasteiger partial charge >= 0.3 is 0 Å². The standard InChI is InChI=1S/C20H29NO2/c1-13-4-5-16-15-8-11-21-18(23)12-14(22)6-10-20(21,3)17(15)7-9-19(13,16)2/h4,15-17H,5-12H2,1-3H3. The molecule has 4 rings (SSSR count). The molecule has 5 atom stereocenters. The number of ketones is 1. The minimum absolute atomic E-state index is 0.0857. The van der Waals surface area contributed by atoms with Crippen LogP contribution in [-0.4, -0.2) is 28.7 Å². The summed E-state index contributed by atoms with van der Waals surface area (Å²) in [7, 11) is 0. The lowest BCUT2D eigenvalue weighted by Crippen LogP contribution is -2.62. The van der Waals surface area contributed by atoms with E-state index in [4.69, 9.17) is 0 Å². The predicted octanol–water partition coefficient (Wildman–Crippen LogP) is 3.73. The zero-order valence-corrected chi connectivity index (χ0v) is 14.7. The molecule has 1 saturated carbocycles. The van der Waals surface area contributed by atoms with Gasteiger partial charge in [-0.2, -0.15) is 0 Å². The van der Waals surface area contributed by atoms with Crippen molar-refractivity contribution in [2.24, 2.45) is 23.2 Å². The molecule has 0 radical (unpaired) electrons. The molecule has 1 amide bonds. The Morgan fingerprint density at radius 2 is 1.91 bits per heavy atom. The summed E-state index contributed by atoms with van der Waals surface area (Å²) < 4.78 is 0. The van der Waals surface area contributed by atoms with Crippen molar-refractivity contribution < 1.29 is 9.59 Å². The van der Waals surface area contributed by atoms with E-state index in [2.05, 4.69) is 31.7 Å². The molecule has 0 aromatic heterocycles. The van der Waals surface area contributed by atoms with Crippen LogP contribution in [0.15, 0.2) is 11.6 Å². The van der Waals surface area contributed by atoms with Crippen molar-refractivity contribution in [3.05, 3.63) is 11.6 Å². The highest BCUT2D eigenvalue weighted by Gasteiger charge is 2.57. The van der Waals surface area contributed by atoms with Gasteiger partial charge in [0.2, 0.25) is 5.91 Å². The Morgan fingerprint density at radius 1 is 1.13 bits per heavy atom. The molecule has 2 aliphatic heterocycles. The lowest BCUT2D eigenvalue weighted by Gasteiger charge is -2.59. The molecular weight excluding hydrogens is 286 g/mol. The van der Waals surface area contributed by atoms with Crippen LogP contribution in [0.3, 0.4) is 0 Å². The van der Waals surface area contributed by atoms with Crippen molar-refractivity contribution in [2.75, 3.05) is 6.54 Å². The monoisotopic (exact) mass is 315 g/mol. The van der Waals surface area contributed by atoms with E-state index < -0.39 is 0 Å². The van der Waals surface area contributed by atoms with Gasteiger partial charge in [0.25, 0.3) is 0 Å². The van der Waals surface area contributed by atoms with Gasteiger partial charge in [0.1, 0.15) is 5.78 Å². The molecule has 3 heteroatoms. The van der Waals surface area contributed by atoms with Crippen LogP contribution in [0, 0.1) is 23.2 Å². The number of fused-ring (bicyclic) bond motifs is 5. The topological polar surface area (TPSA) is 37.4 Å². The number of hydrogen-bond donors (Lipinski definition) is 0. The number of carbonyl (C=O) groups is 2. The lowest BCUT2D eigenvalue weighted by molar-refractivity contribution is -0.150. The Hall–Kier alpha value is -1.12. The Morgan fingerprint density at radius 3 is 2.70 bits per heavy atom. The maximum absolute atomic E-state index is 12.6. The minimum Gasteiger partial charge on any atom is -0.337 e. The molecule has 0 aromatic carbocycles. The quantitative estimate of drug-likeness (QED) is 0.504. The second-order valence-corrected chi connectivity index (χ2v) is 8.86. The number of nitrogens with zero attached hydrogens (tertiary/aromatic N) is 1. The van der Waals surface area contributed by atoms with Crippen molar-refractivity contribution >= 4 is 11.7 Å². The molecule has 0 aromatic rings. The Bertz CT molecular complexity index is 594. The maximum Gasteiger partial charge on any atom is 0.230 e. The zero-order valence-electron chi connectivity index (χ0n) is 14.7. The average molecular weight is 315 g/mol. The van der Waals surface area contributed by atoms with Gasteiger partial charge in [-0.05, 0) is 69.1 Å². The van der Waals surface area contributed by atoms with Gasteiger partial charge in [-0.15, -0.1) is 0 Å². The summed E-state index contributed by atoms with van der Waals surface area (Å²) in [5, 5.41) is 0. The highest BCUT2D eigenvalue weighted by Crippen LogP contribution is 2.61. The molecule has 3 fully saturated rings. The number of Topliss-reactive ketones (excluding diaryl/α,β-unsaturated/α-hetero) is 1. The fourth-order valence-electron chi connectivity index (χ4n) is 6.45. The van der Waals surface area contributed by atoms with E-state index in [1.165, 1.54) is 19.3 Å². The van der Waals surface area contributed by atoms with E-state index in [0.29, 0.717) is 23.7 Å². The van der Waals surface area contributed by atoms with Gasteiger partial charge in [0.05, 0.1) is 6.42 Å². The molecule has 23 heavy (non-hydrogen) atoms. The SMILES string of the molecule is CC1=CCC2C3CCN4C(=O)CC(=O)CCC4(C)C3CCC12C. The fraction of sp³-hybridized carbons (Fsp3) is 0.800. The highest BCUT2D eigenvalue weighted by molar-refractivity contribution is 5.99. The molecule has 0 bridgehead atoms. The van der Waals surface area contributed by atoms with Crippen molar-refractivity contribution in [1.29, 1.82) is 0 Å². The van der Waals surface area contributed by atoms with Crippen LogP contribution in [0.4, 0.5) is 0 Å². The van der Waals surface area contributed by atoms with Crippen molar-refractivity contribution in [3.63, 3.8) is 0 Å². The predicted molar refractivity (Wildman–Crippen MR) is 89.8 cm³/mol. The second kappa shape index (κ2) is 4.94. The summed E-state index contributed by atoms with van der Waals surface area (Å²) in [5.41, 5.74) is 1.87. The number of allylic oxidation sites excluding steroid dienone is 2. The minimum atomic E-state index is -0.0933. The summed E-state index contributed by atoms with van der Waals surface area (Å²) in [6.45, 7) is 7.90. The Labute approximate surface area is 139 Å². The molecule has 126 valence electrons. The summed E-state index contributed by atoms with van der Waals surface area (Å²) in [5.74, 6) is 2.26. The number of rotatable bonds is 0. The molecule has 0 spiro atoms. The summed E-state index contributed by atoms with van der Waals surface area (Å²) >= 11 is 0. The highest BCUT2D eigenvalue weighted by atomic mass is 16.2. The van der Waals surface area contributed by atoms with E-state index >= 15 is 0 Å². The first-order chi connectivity index (χ1) is 10.9. The van der Waals surface area contributed by atoms with Gasteiger partial charge < -0.3 is 4.90 Å². The second-order valence-electron chi connectivity index (χ2n) is 8.86. The molecule has 2 aliphatic carbocycles. The van der Waals surface area contributed by atoms with Crippen LogP contribution >= 0.6 is 0 Å². The molecule has 4 aliphatic rings. The first-order valence-electron chi connectivity index (χ1n) is 9.36. The van der Waals surface area contributed by atoms with Gasteiger partial charge in [0.15, 0.2) is 0 Å². The number of hydrogen-bond acceptors (Lipinski definition) is 2. The summed E-state index contributed by atoms with van der Waals surface area (Å²) in [6.07, 6.45) is 8.84. The molecule has 3 nitrogen and oxygen atoms in total. The molecule has 0 N–H and O–H groups in total. The molecule has 5 unspecified atom stereocenters. The van der Waals surface area contributed by atoms with E-state index in [9.17, 15) is 9.59 Å². The van der Waals surface area contributed by atoms with Crippen LogP contribution in [0.25, 0.3) is 0 Å². The molecule has 2 saturated heterocycles. The van der Waals surface area contributed by atoms with Gasteiger partial charge in [-0.1, -0.05) is 18.6 Å². The summed E-state index contributed by atoms with van der Waals surface area (Å²) in [4.78, 5) is 26.6. The van der Waals surface area contributed by atoms with Crippen LogP contribution < -0.4 is 0 Å². The number of amides is 1. The van der Waals surface area contributed by atoms with Crippen molar-refractivity contribution in [1.82, 2.24) is 4.90 Å². The third-order valence-electron chi connectivity index (χ3n) is 8.07. The first-order valence-corrected chi connectivity index (χ1v) is 9.36. The third kappa shape index (κ3) is 2.01. The van der Waals surface area contributed by atoms with Crippen LogP contribution in [0.2, 0.25) is 0 Å².